The summed E-state index contributed by atoms with van der Waals surface area (Å²) in [7, 11) is -2.92. The zero-order valence-corrected chi connectivity index (χ0v) is 12.7. The molecule has 1 saturated carbocycles. The molecule has 0 aromatic carbocycles. The highest BCUT2D eigenvalue weighted by Gasteiger charge is 2.29. The Kier molecular flexibility index (Phi) is 4.59. The van der Waals surface area contributed by atoms with Crippen molar-refractivity contribution < 1.29 is 8.42 Å². The molecule has 0 aromatic rings. The van der Waals surface area contributed by atoms with Crippen molar-refractivity contribution in [1.29, 1.82) is 0 Å². The number of hydrogen-bond donors (Lipinski definition) is 1. The first-order chi connectivity index (χ1) is 8.44. The molecule has 0 radical (unpaired) electrons. The Morgan fingerprint density at radius 1 is 1.44 bits per heavy atom. The van der Waals surface area contributed by atoms with Crippen LogP contribution in [0.15, 0.2) is 4.99 Å². The molecule has 3 atom stereocenters. The maximum absolute atomic E-state index is 11.2. The van der Waals surface area contributed by atoms with E-state index in [0.29, 0.717) is 6.04 Å². The maximum atomic E-state index is 11.2. The number of amidine groups is 1. The molecular formula is C12H22N2O2S2. The van der Waals surface area contributed by atoms with E-state index >= 15 is 0 Å². The summed E-state index contributed by atoms with van der Waals surface area (Å²) in [6.45, 7) is 1.90. The first-order valence-corrected chi connectivity index (χ1v) is 9.63. The first-order valence-electron chi connectivity index (χ1n) is 6.59. The number of hydrogen-bond acceptors (Lipinski definition) is 5. The molecule has 0 saturated heterocycles. The lowest BCUT2D eigenvalue weighted by atomic mass is 9.86. The Morgan fingerprint density at radius 3 is 2.89 bits per heavy atom. The van der Waals surface area contributed by atoms with Gasteiger partial charge in [-0.15, -0.1) is 0 Å². The van der Waals surface area contributed by atoms with Gasteiger partial charge in [0.1, 0.15) is 9.84 Å². The normalized spacial score (nSPS) is 30.2. The van der Waals surface area contributed by atoms with Crippen LogP contribution in [0.4, 0.5) is 0 Å². The molecule has 1 heterocycles. The van der Waals surface area contributed by atoms with Gasteiger partial charge in [0, 0.05) is 18.1 Å². The van der Waals surface area contributed by atoms with E-state index in [2.05, 4.69) is 5.32 Å². The van der Waals surface area contributed by atoms with Gasteiger partial charge >= 0.3 is 0 Å². The van der Waals surface area contributed by atoms with Gasteiger partial charge in [-0.2, -0.15) is 0 Å². The topological polar surface area (TPSA) is 58.5 Å². The largest absolute Gasteiger partial charge is 0.361 e. The molecule has 104 valence electrons. The summed E-state index contributed by atoms with van der Waals surface area (Å²) in [6.07, 6.45) is 6.38. The van der Waals surface area contributed by atoms with E-state index in [4.69, 9.17) is 4.99 Å². The fourth-order valence-corrected chi connectivity index (χ4v) is 4.96. The molecule has 18 heavy (non-hydrogen) atoms. The predicted octanol–water partition coefficient (Wildman–Crippen LogP) is 1.67. The minimum atomic E-state index is -2.92. The minimum absolute atomic E-state index is 0.0635. The summed E-state index contributed by atoms with van der Waals surface area (Å²) >= 11 is 1.75. The minimum Gasteiger partial charge on any atom is -0.361 e. The van der Waals surface area contributed by atoms with Crippen LogP contribution >= 0.6 is 11.8 Å². The van der Waals surface area contributed by atoms with Crippen LogP contribution < -0.4 is 5.32 Å². The fourth-order valence-electron chi connectivity index (χ4n) is 2.71. The number of thioether (sulfide) groups is 1. The van der Waals surface area contributed by atoms with E-state index < -0.39 is 9.84 Å². The van der Waals surface area contributed by atoms with E-state index in [-0.39, 0.29) is 11.8 Å². The molecule has 2 rings (SSSR count). The van der Waals surface area contributed by atoms with E-state index in [1.165, 1.54) is 31.9 Å². The molecule has 1 aliphatic carbocycles. The number of rotatable bonds is 3. The zero-order valence-electron chi connectivity index (χ0n) is 11.1. The third-order valence-electron chi connectivity index (χ3n) is 3.51. The summed E-state index contributed by atoms with van der Waals surface area (Å²) < 4.78 is 22.4. The molecule has 4 nitrogen and oxygen atoms in total. The third-order valence-corrected chi connectivity index (χ3v) is 5.71. The molecule has 6 heteroatoms. The molecule has 1 fully saturated rings. The molecular weight excluding hydrogens is 268 g/mol. The quantitative estimate of drug-likeness (QED) is 0.859. The van der Waals surface area contributed by atoms with Gasteiger partial charge in [0.15, 0.2) is 5.17 Å². The summed E-state index contributed by atoms with van der Waals surface area (Å²) in [5.74, 6) is 2.03. The van der Waals surface area contributed by atoms with Crippen LogP contribution in [-0.4, -0.2) is 43.4 Å². The van der Waals surface area contributed by atoms with Gasteiger partial charge in [0.2, 0.25) is 0 Å². The van der Waals surface area contributed by atoms with E-state index in [1.54, 1.807) is 11.8 Å². The predicted molar refractivity (Wildman–Crippen MR) is 77.9 cm³/mol. The van der Waals surface area contributed by atoms with Crippen molar-refractivity contribution >= 4 is 26.8 Å². The maximum Gasteiger partial charge on any atom is 0.157 e. The Morgan fingerprint density at radius 2 is 2.17 bits per heavy atom. The number of nitrogens with one attached hydrogen (secondary N) is 1. The van der Waals surface area contributed by atoms with Gasteiger partial charge in [0.25, 0.3) is 0 Å². The van der Waals surface area contributed by atoms with Gasteiger partial charge in [-0.25, -0.2) is 8.42 Å². The van der Waals surface area contributed by atoms with Crippen molar-refractivity contribution in [3.8, 4) is 0 Å². The van der Waals surface area contributed by atoms with Crippen LogP contribution in [0.5, 0.6) is 0 Å². The number of sulfone groups is 1. The monoisotopic (exact) mass is 290 g/mol. The van der Waals surface area contributed by atoms with Crippen molar-refractivity contribution in [2.24, 2.45) is 10.9 Å². The van der Waals surface area contributed by atoms with Crippen molar-refractivity contribution in [2.75, 3.05) is 17.8 Å². The second-order valence-electron chi connectivity index (χ2n) is 5.49. The molecule has 0 amide bonds. The average Bonchev–Trinajstić information content (AvgIpc) is 2.26. The van der Waals surface area contributed by atoms with E-state index in [1.807, 2.05) is 6.92 Å². The average molecular weight is 290 g/mol. The van der Waals surface area contributed by atoms with Crippen molar-refractivity contribution in [2.45, 2.75) is 44.7 Å². The van der Waals surface area contributed by atoms with Gasteiger partial charge in [0.05, 0.1) is 11.8 Å². The molecule has 1 aliphatic heterocycles. The molecule has 1 N–H and O–H groups in total. The van der Waals surface area contributed by atoms with Crippen molar-refractivity contribution in [3.63, 3.8) is 0 Å². The Balaban J connectivity index is 1.91. The highest BCUT2D eigenvalue weighted by Crippen LogP contribution is 2.33. The van der Waals surface area contributed by atoms with E-state index in [0.717, 1.165) is 16.8 Å². The highest BCUT2D eigenvalue weighted by molar-refractivity contribution is 8.13. The van der Waals surface area contributed by atoms with Crippen molar-refractivity contribution in [1.82, 2.24) is 5.32 Å². The first kappa shape index (κ1) is 14.2. The molecule has 2 aliphatic rings. The molecule has 0 bridgehead atoms. The molecule has 0 spiro atoms. The third kappa shape index (κ3) is 4.16. The molecule has 3 unspecified atom stereocenters. The summed E-state index contributed by atoms with van der Waals surface area (Å²) in [6, 6.07) is 0.402. The van der Waals surface area contributed by atoms with Gasteiger partial charge in [-0.1, -0.05) is 24.6 Å². The Hall–Kier alpha value is -0.230. The summed E-state index contributed by atoms with van der Waals surface area (Å²) in [5, 5.41) is 4.18. The second kappa shape index (κ2) is 5.82. The van der Waals surface area contributed by atoms with Crippen LogP contribution in [0.1, 0.15) is 32.6 Å². The van der Waals surface area contributed by atoms with Gasteiger partial charge < -0.3 is 5.32 Å². The summed E-state index contributed by atoms with van der Waals surface area (Å²) in [5.41, 5.74) is 0. The highest BCUT2D eigenvalue weighted by atomic mass is 32.2. The zero-order chi connectivity index (χ0) is 13.2. The lowest BCUT2D eigenvalue weighted by Gasteiger charge is -2.33. The van der Waals surface area contributed by atoms with Crippen LogP contribution in [0.25, 0.3) is 0 Å². The standard InChI is InChI=1S/C12H22N2O2S2/c1-9(8-18(2,15)16)13-12-14-11-6-4-3-5-10(11)7-17-12/h9-11H,3-8H2,1-2H3,(H,13,14). The summed E-state index contributed by atoms with van der Waals surface area (Å²) in [4.78, 5) is 4.75. The van der Waals surface area contributed by atoms with E-state index in [9.17, 15) is 8.42 Å². The van der Waals surface area contributed by atoms with Crippen LogP contribution in [0.3, 0.4) is 0 Å². The number of fused-ring (bicyclic) bond motifs is 1. The van der Waals surface area contributed by atoms with Crippen LogP contribution in [-0.2, 0) is 9.84 Å². The smallest absolute Gasteiger partial charge is 0.157 e. The van der Waals surface area contributed by atoms with Crippen molar-refractivity contribution in [3.05, 3.63) is 0 Å². The Labute approximate surface area is 114 Å². The van der Waals surface area contributed by atoms with Gasteiger partial charge in [-0.3, -0.25) is 4.99 Å². The van der Waals surface area contributed by atoms with Crippen LogP contribution in [0, 0.1) is 5.92 Å². The lowest BCUT2D eigenvalue weighted by Crippen LogP contribution is -2.40. The second-order valence-corrected chi connectivity index (χ2v) is 8.69. The number of nitrogens with zero attached hydrogens (tertiary/aromatic N) is 1. The van der Waals surface area contributed by atoms with Crippen LogP contribution in [0.2, 0.25) is 0 Å². The number of aliphatic imine (C=N–C) groups is 1. The SMILES string of the molecule is CC(CS(C)(=O)=O)NC1=NC2CCCCC2CS1. The molecule has 0 aromatic heterocycles. The fraction of sp³-hybridized carbons (Fsp3) is 0.917. The van der Waals surface area contributed by atoms with Gasteiger partial charge in [-0.05, 0) is 25.7 Å². The lowest BCUT2D eigenvalue weighted by molar-refractivity contribution is 0.335. The Bertz CT molecular complexity index is 420.